The Labute approximate surface area is 582 Å². The van der Waals surface area contributed by atoms with Crippen LogP contribution in [-0.4, -0.2) is 304 Å². The van der Waals surface area contributed by atoms with Gasteiger partial charge in [0.1, 0.15) is 109 Å². The Hall–Kier alpha value is -4.09. The van der Waals surface area contributed by atoms with Crippen molar-refractivity contribution in [3.8, 4) is 5.75 Å². The maximum atomic E-state index is 16.3. The average Bonchev–Trinajstić information content (AvgIpc) is 0.668. The third-order valence-corrected chi connectivity index (χ3v) is 24.8. The number of fused-ring (bicyclic) bond motifs is 7. The molecule has 5 aliphatic carbocycles. The number of hydrogen-bond donors (Lipinski definition) is 17. The molecular formula is C69H102O32. The smallest absolute Gasteiger partial charge is 0.331 e. The van der Waals surface area contributed by atoms with E-state index < -0.39 is 260 Å². The first kappa shape index (κ1) is 78.0. The van der Waals surface area contributed by atoms with Crippen molar-refractivity contribution in [2.75, 3.05) is 33.5 Å². The van der Waals surface area contributed by atoms with E-state index >= 15 is 4.79 Å². The Bertz CT molecular complexity index is 3140. The molecule has 35 atom stereocenters. The summed E-state index contributed by atoms with van der Waals surface area (Å²) in [6.07, 6.45) is -43.0. The molecule has 9 fully saturated rings. The van der Waals surface area contributed by atoms with Gasteiger partial charge in [-0.2, -0.15) is 0 Å². The van der Waals surface area contributed by atoms with Gasteiger partial charge >= 0.3 is 17.9 Å². The van der Waals surface area contributed by atoms with Crippen LogP contribution < -0.4 is 4.74 Å². The molecule has 32 heteroatoms. The van der Waals surface area contributed by atoms with Crippen molar-refractivity contribution < 1.29 is 158 Å². The molecule has 1 aromatic rings. The van der Waals surface area contributed by atoms with Crippen LogP contribution in [0, 0.1) is 50.2 Å². The van der Waals surface area contributed by atoms with E-state index in [-0.39, 0.29) is 51.4 Å². The van der Waals surface area contributed by atoms with Crippen molar-refractivity contribution in [3.63, 3.8) is 0 Å². The number of methoxy groups -OCH3 is 1. The van der Waals surface area contributed by atoms with Gasteiger partial charge in [0.2, 0.25) is 6.29 Å². The molecule has 32 nitrogen and oxygen atoms in total. The SMILES string of the molecule is COc1ccc(C=CC(=O)OC2C(C)OC(OC(=O)C34CCC5(CO)C(=CCC6C7(C)CC(O)C(OC8OC(CO)C(O)C(O)C8O)C(C)(C(=O)O)C7CCC65C)C3CC(C)(C)CC4O)C(OC3OC(C)C(OC4OCC(O)C(O)C4O)C(O)C3O)C2OC2OC(CO)C(O)C(O)C2O)cc1. The van der Waals surface area contributed by atoms with Crippen LogP contribution in [0.4, 0.5) is 0 Å². The van der Waals surface area contributed by atoms with E-state index in [0.717, 1.165) is 6.08 Å². The molecule has 17 N–H and O–H groups in total. The van der Waals surface area contributed by atoms with Crippen LogP contribution in [0.1, 0.15) is 105 Å². The second kappa shape index (κ2) is 29.6. The predicted octanol–water partition coefficient (Wildman–Crippen LogP) is -3.27. The Kier molecular flexibility index (Phi) is 22.8. The lowest BCUT2D eigenvalue weighted by Gasteiger charge is -2.71. The highest BCUT2D eigenvalue weighted by Gasteiger charge is 2.75. The molecule has 4 saturated carbocycles. The number of hydrogen-bond acceptors (Lipinski definition) is 31. The number of esters is 2. The van der Waals surface area contributed by atoms with Gasteiger partial charge in [0.15, 0.2) is 37.4 Å². The number of allylic oxidation sites excluding steroid dienone is 1. The molecule has 0 bridgehead atoms. The maximum absolute atomic E-state index is 16.3. The van der Waals surface area contributed by atoms with Gasteiger partial charge in [-0.1, -0.05) is 51.5 Å². The number of carbonyl (C=O) groups excluding carboxylic acids is 2. The van der Waals surface area contributed by atoms with E-state index in [0.29, 0.717) is 16.9 Å². The summed E-state index contributed by atoms with van der Waals surface area (Å²) in [5.41, 5.74) is -6.55. The molecule has 5 heterocycles. The van der Waals surface area contributed by atoms with Crippen molar-refractivity contribution in [3.05, 3.63) is 47.6 Å². The van der Waals surface area contributed by atoms with Gasteiger partial charge in [-0.25, -0.2) is 4.79 Å². The molecule has 5 saturated heterocycles. The second-order valence-electron chi connectivity index (χ2n) is 31.1. The molecule has 35 unspecified atom stereocenters. The molecule has 5 aliphatic heterocycles. The van der Waals surface area contributed by atoms with E-state index in [9.17, 15) is 96.4 Å². The minimum atomic E-state index is -2.17. The maximum Gasteiger partial charge on any atom is 0.331 e. The average molecular weight is 1440 g/mol. The summed E-state index contributed by atoms with van der Waals surface area (Å²) in [6, 6.07) is 6.57. The van der Waals surface area contributed by atoms with E-state index in [1.165, 1.54) is 34.0 Å². The topological polar surface area (TPSA) is 506 Å². The molecule has 0 spiro atoms. The highest BCUT2D eigenvalue weighted by atomic mass is 16.8. The first-order valence-electron chi connectivity index (χ1n) is 34.7. The number of aliphatic hydroxyl groups is 16. The zero-order valence-electron chi connectivity index (χ0n) is 57.6. The number of aliphatic hydroxyl groups excluding tert-OH is 16. The largest absolute Gasteiger partial charge is 0.497 e. The third kappa shape index (κ3) is 13.4. The normalized spacial score (nSPS) is 49.8. The van der Waals surface area contributed by atoms with Crippen LogP contribution >= 0.6 is 0 Å². The number of ether oxygens (including phenoxy) is 12. The lowest BCUT2D eigenvalue weighted by atomic mass is 9.33. The van der Waals surface area contributed by atoms with Gasteiger partial charge in [-0.05, 0) is 130 Å². The molecule has 0 aromatic heterocycles. The molecule has 101 heavy (non-hydrogen) atoms. The first-order valence-corrected chi connectivity index (χ1v) is 34.7. The fourth-order valence-corrected chi connectivity index (χ4v) is 19.2. The number of carbonyl (C=O) groups is 3. The summed E-state index contributed by atoms with van der Waals surface area (Å²) >= 11 is 0. The van der Waals surface area contributed by atoms with E-state index in [4.69, 9.17) is 56.8 Å². The van der Waals surface area contributed by atoms with Gasteiger partial charge in [0.05, 0.1) is 63.4 Å². The fourth-order valence-electron chi connectivity index (χ4n) is 19.2. The molecule has 570 valence electrons. The summed E-state index contributed by atoms with van der Waals surface area (Å²) in [6.45, 7) is 9.28. The van der Waals surface area contributed by atoms with Crippen molar-refractivity contribution in [1.82, 2.24) is 0 Å². The summed E-state index contributed by atoms with van der Waals surface area (Å²) < 4.78 is 72.9. The monoisotopic (exact) mass is 1440 g/mol. The Morgan fingerprint density at radius 1 is 0.574 bits per heavy atom. The number of carboxylic acids is 1. The highest BCUT2D eigenvalue weighted by molar-refractivity contribution is 5.87. The fraction of sp³-hybridized carbons (Fsp3) is 0.812. The zero-order valence-corrected chi connectivity index (χ0v) is 57.6. The Morgan fingerprint density at radius 2 is 1.14 bits per heavy atom. The lowest BCUT2D eigenvalue weighted by Crippen LogP contribution is -2.71. The third-order valence-electron chi connectivity index (χ3n) is 24.8. The van der Waals surface area contributed by atoms with Crippen LogP contribution in [-0.2, 0) is 66.5 Å². The van der Waals surface area contributed by atoms with E-state index in [1.807, 2.05) is 33.8 Å². The van der Waals surface area contributed by atoms with E-state index in [1.54, 1.807) is 24.3 Å². The summed E-state index contributed by atoms with van der Waals surface area (Å²) in [4.78, 5) is 44.5. The van der Waals surface area contributed by atoms with E-state index in [2.05, 4.69) is 0 Å². The van der Waals surface area contributed by atoms with Crippen LogP contribution in [0.3, 0.4) is 0 Å². The van der Waals surface area contributed by atoms with Gasteiger partial charge in [-0.3, -0.25) is 9.59 Å². The molecule has 10 aliphatic rings. The van der Waals surface area contributed by atoms with Gasteiger partial charge < -0.3 is 144 Å². The highest BCUT2D eigenvalue weighted by Crippen LogP contribution is 2.76. The number of rotatable bonds is 18. The zero-order chi connectivity index (χ0) is 73.7. The summed E-state index contributed by atoms with van der Waals surface area (Å²) in [5, 5.41) is 191. The van der Waals surface area contributed by atoms with Crippen LogP contribution in [0.15, 0.2) is 42.0 Å². The first-order chi connectivity index (χ1) is 47.5. The quantitative estimate of drug-likeness (QED) is 0.0297. The number of benzene rings is 1. The van der Waals surface area contributed by atoms with Gasteiger partial charge in [-0.15, -0.1) is 0 Å². The van der Waals surface area contributed by atoms with Crippen molar-refractivity contribution >= 4 is 24.0 Å². The van der Waals surface area contributed by atoms with Crippen LogP contribution in [0.2, 0.25) is 0 Å². The van der Waals surface area contributed by atoms with Crippen LogP contribution in [0.5, 0.6) is 5.75 Å². The Balaban J connectivity index is 0.952. The minimum Gasteiger partial charge on any atom is -0.497 e. The number of carboxylic acid groups (broad SMARTS) is 1. The minimum absolute atomic E-state index is 0.0180. The summed E-state index contributed by atoms with van der Waals surface area (Å²) in [5.74, 6) is -5.12. The molecule has 0 amide bonds. The molecular weight excluding hydrogens is 1340 g/mol. The van der Waals surface area contributed by atoms with Gasteiger partial charge in [0, 0.05) is 11.5 Å². The van der Waals surface area contributed by atoms with Crippen molar-refractivity contribution in [2.45, 2.75) is 266 Å². The predicted molar refractivity (Wildman–Crippen MR) is 339 cm³/mol. The molecule has 1 aromatic carbocycles. The van der Waals surface area contributed by atoms with Gasteiger partial charge in [0.25, 0.3) is 0 Å². The molecule has 11 rings (SSSR count). The van der Waals surface area contributed by atoms with Crippen LogP contribution in [0.25, 0.3) is 6.08 Å². The standard InChI is InChI=1S/C69H102O32/c1-28-52(97-57-48(83)42(77)35(74)26-91-57)47(82)51(86)58(92-28)99-55-54(98-59-49(84)45(80)43(78)36(24-70)94-59)53(96-41(76)16-11-30-9-12-31(90-8)13-10-30)29(2)93-61(55)101-63(89)69-20-19-68(27-72)32(33(69)21-64(3,4)23-40(69)75)14-15-38-65(5)22-34(73)56(67(7,62(87)88)39(65)17-18-66(38,68)6)100-60-50(85)46(81)44(79)37(25-71)95-60/h9-14,16,28-29,33-40,42-61,70-75,77-86H,15,17-27H2,1-8H3,(H,87,88). The Morgan fingerprint density at radius 3 is 1.74 bits per heavy atom. The van der Waals surface area contributed by atoms with Crippen molar-refractivity contribution in [1.29, 1.82) is 0 Å². The number of aliphatic carboxylic acids is 1. The molecule has 0 radical (unpaired) electrons. The second-order valence-corrected chi connectivity index (χ2v) is 31.1. The van der Waals surface area contributed by atoms with Crippen molar-refractivity contribution in [2.24, 2.45) is 50.2 Å². The lowest BCUT2D eigenvalue weighted by molar-refractivity contribution is -0.391. The summed E-state index contributed by atoms with van der Waals surface area (Å²) in [7, 11) is 1.47.